The summed E-state index contributed by atoms with van der Waals surface area (Å²) < 4.78 is 22.9. The van der Waals surface area contributed by atoms with Gasteiger partial charge in [0.1, 0.15) is 48.8 Å². The predicted octanol–water partition coefficient (Wildman–Crippen LogP) is 16.1. The normalized spacial score (nSPS) is 23.2. The lowest BCUT2D eigenvalue weighted by Crippen LogP contribution is -2.65. The summed E-state index contributed by atoms with van der Waals surface area (Å²) in [6.45, 7) is 2.78. The third-order valence-corrected chi connectivity index (χ3v) is 17.8. The van der Waals surface area contributed by atoms with Crippen LogP contribution in [0.5, 0.6) is 0 Å². The summed E-state index contributed by atoms with van der Waals surface area (Å²) in [5, 5.41) is 87.7. The van der Waals surface area contributed by atoms with Crippen molar-refractivity contribution in [1.29, 1.82) is 0 Å². The van der Waals surface area contributed by atoms with Gasteiger partial charge in [0.25, 0.3) is 0 Å². The van der Waals surface area contributed by atoms with E-state index in [0.717, 1.165) is 103 Å². The van der Waals surface area contributed by atoms with Crippen molar-refractivity contribution in [2.45, 2.75) is 370 Å². The van der Waals surface area contributed by atoms with E-state index in [2.05, 4.69) is 116 Å². The van der Waals surface area contributed by atoms with E-state index in [0.29, 0.717) is 19.3 Å². The van der Waals surface area contributed by atoms with Crippen molar-refractivity contribution in [2.24, 2.45) is 0 Å². The highest BCUT2D eigenvalue weighted by Crippen LogP contribution is 2.30. The molecular weight excluding hydrogens is 1160 g/mol. The van der Waals surface area contributed by atoms with Gasteiger partial charge in [-0.15, -0.1) is 0 Å². The van der Waals surface area contributed by atoms with E-state index in [1.807, 2.05) is 0 Å². The van der Waals surface area contributed by atoms with E-state index in [4.69, 9.17) is 18.9 Å². The topological polar surface area (TPSA) is 228 Å². The molecule has 2 saturated heterocycles. The Morgan fingerprint density at radius 2 is 0.750 bits per heavy atom. The number of unbranched alkanes of at least 4 members (excludes halogenated alkanes) is 32. The summed E-state index contributed by atoms with van der Waals surface area (Å²) >= 11 is 0. The first-order valence-corrected chi connectivity index (χ1v) is 37.5. The van der Waals surface area contributed by atoms with Gasteiger partial charge in [0.15, 0.2) is 12.6 Å². The molecule has 0 aromatic carbocycles. The molecule has 1 amide bonds. The third-order valence-electron chi connectivity index (χ3n) is 17.8. The number of rotatable bonds is 61. The van der Waals surface area contributed by atoms with Crippen LogP contribution in [-0.4, -0.2) is 140 Å². The predicted molar refractivity (Wildman–Crippen MR) is 378 cm³/mol. The minimum absolute atomic E-state index is 0.212. The van der Waals surface area contributed by atoms with Crippen LogP contribution in [0.1, 0.15) is 296 Å². The molecular formula is C78H137NO13. The number of aliphatic hydroxyl groups excluding tert-OH is 8. The number of hydrogen-bond acceptors (Lipinski definition) is 13. The van der Waals surface area contributed by atoms with E-state index >= 15 is 0 Å². The van der Waals surface area contributed by atoms with Gasteiger partial charge in [-0.25, -0.2) is 0 Å². The van der Waals surface area contributed by atoms with Crippen molar-refractivity contribution in [3.05, 3.63) is 97.2 Å². The Morgan fingerprint density at radius 1 is 0.402 bits per heavy atom. The molecule has 0 spiro atoms. The average Bonchev–Trinajstić information content (AvgIpc) is 0.830. The molecule has 0 radical (unpaired) electrons. The van der Waals surface area contributed by atoms with Crippen molar-refractivity contribution in [3.8, 4) is 0 Å². The Morgan fingerprint density at radius 3 is 1.15 bits per heavy atom. The second-order valence-electron chi connectivity index (χ2n) is 26.0. The molecule has 0 aromatic heterocycles. The third kappa shape index (κ3) is 44.6. The summed E-state index contributed by atoms with van der Waals surface area (Å²) in [7, 11) is 0. The second-order valence-corrected chi connectivity index (χ2v) is 26.0. The molecule has 2 aliphatic rings. The zero-order valence-corrected chi connectivity index (χ0v) is 58.0. The maximum atomic E-state index is 13.4. The summed E-state index contributed by atoms with van der Waals surface area (Å²) in [4.78, 5) is 13.4. The van der Waals surface area contributed by atoms with Crippen LogP contribution in [0.2, 0.25) is 0 Å². The van der Waals surface area contributed by atoms with Gasteiger partial charge in [-0.3, -0.25) is 4.79 Å². The Bertz CT molecular complexity index is 1920. The number of ether oxygens (including phenoxy) is 4. The van der Waals surface area contributed by atoms with Gasteiger partial charge in [-0.2, -0.15) is 0 Å². The van der Waals surface area contributed by atoms with Crippen LogP contribution in [-0.2, 0) is 23.7 Å². The molecule has 2 heterocycles. The van der Waals surface area contributed by atoms with Crippen LogP contribution in [0.25, 0.3) is 0 Å². The number of hydrogen-bond donors (Lipinski definition) is 9. The molecule has 2 fully saturated rings. The monoisotopic (exact) mass is 1300 g/mol. The summed E-state index contributed by atoms with van der Waals surface area (Å²) in [6, 6.07) is -0.839. The van der Waals surface area contributed by atoms with Gasteiger partial charge in [-0.05, 0) is 77.0 Å². The molecule has 12 unspecified atom stereocenters. The number of carbonyl (C=O) groups is 1. The molecule has 532 valence electrons. The van der Waals surface area contributed by atoms with Crippen molar-refractivity contribution < 1.29 is 64.6 Å². The number of carbonyl (C=O) groups excluding carboxylic acids is 1. The first-order valence-electron chi connectivity index (χ1n) is 37.5. The maximum Gasteiger partial charge on any atom is 0.220 e. The van der Waals surface area contributed by atoms with Gasteiger partial charge in [0.05, 0.1) is 32.0 Å². The van der Waals surface area contributed by atoms with E-state index in [-0.39, 0.29) is 12.5 Å². The first kappa shape index (κ1) is 85.0. The minimum atomic E-state index is -1.79. The lowest BCUT2D eigenvalue weighted by Gasteiger charge is -2.46. The summed E-state index contributed by atoms with van der Waals surface area (Å²) in [5.41, 5.74) is 0. The lowest BCUT2D eigenvalue weighted by molar-refractivity contribution is -0.359. The quantitative estimate of drug-likeness (QED) is 0.0204. The van der Waals surface area contributed by atoms with Crippen LogP contribution >= 0.6 is 0 Å². The van der Waals surface area contributed by atoms with Gasteiger partial charge in [0.2, 0.25) is 5.91 Å². The van der Waals surface area contributed by atoms with Crippen molar-refractivity contribution in [1.82, 2.24) is 5.32 Å². The summed E-state index contributed by atoms with van der Waals surface area (Å²) in [5.74, 6) is -0.212. The second kappa shape index (κ2) is 61.5. The average molecular weight is 1300 g/mol. The molecule has 2 rings (SSSR count). The number of allylic oxidation sites excluding steroid dienone is 16. The van der Waals surface area contributed by atoms with E-state index in [1.54, 1.807) is 0 Å². The highest BCUT2D eigenvalue weighted by atomic mass is 16.7. The zero-order valence-electron chi connectivity index (χ0n) is 58.0. The minimum Gasteiger partial charge on any atom is -0.394 e. The van der Waals surface area contributed by atoms with Crippen molar-refractivity contribution >= 4 is 5.91 Å². The van der Waals surface area contributed by atoms with Crippen molar-refractivity contribution in [2.75, 3.05) is 19.8 Å². The Labute approximate surface area is 560 Å². The molecule has 12 atom stereocenters. The Balaban J connectivity index is 1.64. The van der Waals surface area contributed by atoms with Crippen LogP contribution in [0, 0.1) is 0 Å². The standard InChI is InChI=1S/C78H137NO13/c1-3-5-7-9-11-13-15-17-19-21-23-25-27-28-29-30-31-32-33-34-35-36-37-38-40-42-44-46-48-50-52-54-56-58-60-62-70(83)79-66(65-89-77-75(88)73(86)76(69(64-81)91-77)92-78-74(87)72(85)71(84)68(63-80)90-78)67(82)61-59-57-55-53-51-49-47-45-43-41-39-26-24-22-20-18-16-14-12-10-8-6-4-2/h5,7,11,13,17,19,23,25,28-29,31-32,34-35,37-38,66-69,71-78,80-82,84-88H,3-4,6,8-10,12,14-16,18,20-22,24,26-27,30,33,36,39-65H2,1-2H3,(H,79,83)/b7-5-,13-11-,19-17-,25-23-,29-28-,32-31-,35-34-,38-37-. The van der Waals surface area contributed by atoms with Gasteiger partial charge >= 0.3 is 0 Å². The fourth-order valence-electron chi connectivity index (χ4n) is 11.9. The molecule has 9 N–H and O–H groups in total. The molecule has 14 nitrogen and oxygen atoms in total. The number of aliphatic hydroxyl groups is 8. The van der Waals surface area contributed by atoms with Crippen LogP contribution in [0.15, 0.2) is 97.2 Å². The SMILES string of the molecule is CC/C=C\C/C=C\C/C=C\C/C=C\C/C=C\C/C=C\C/C=C\C/C=C\CCCCCCCCCCCCC(=O)NC(COC1OC(CO)C(OC2OC(CO)C(O)C(O)C2O)C(O)C1O)C(O)CCCCCCCCCCCCCCCCCCCCCCCCC. The van der Waals surface area contributed by atoms with Crippen LogP contribution in [0.4, 0.5) is 0 Å². The molecule has 2 aliphatic heterocycles. The van der Waals surface area contributed by atoms with E-state index in [9.17, 15) is 45.6 Å². The molecule has 0 bridgehead atoms. The van der Waals surface area contributed by atoms with Gasteiger partial charge in [0, 0.05) is 6.42 Å². The number of nitrogens with one attached hydrogen (secondary N) is 1. The van der Waals surface area contributed by atoms with Gasteiger partial charge in [-0.1, -0.05) is 310 Å². The van der Waals surface area contributed by atoms with E-state index in [1.165, 1.54) is 161 Å². The summed E-state index contributed by atoms with van der Waals surface area (Å²) in [6.07, 6.45) is 69.9. The molecule has 14 heteroatoms. The molecule has 0 aromatic rings. The fourth-order valence-corrected chi connectivity index (χ4v) is 11.9. The zero-order chi connectivity index (χ0) is 66.6. The highest BCUT2D eigenvalue weighted by Gasteiger charge is 2.51. The smallest absolute Gasteiger partial charge is 0.220 e. The van der Waals surface area contributed by atoms with Crippen LogP contribution in [0.3, 0.4) is 0 Å². The van der Waals surface area contributed by atoms with Crippen molar-refractivity contribution in [3.63, 3.8) is 0 Å². The highest BCUT2D eigenvalue weighted by molar-refractivity contribution is 5.76. The Kier molecular flexibility index (Phi) is 56.8. The largest absolute Gasteiger partial charge is 0.394 e. The Hall–Kier alpha value is -3.09. The fraction of sp³-hybridized carbons (Fsp3) is 0.782. The molecule has 0 saturated carbocycles. The first-order chi connectivity index (χ1) is 45.1. The maximum absolute atomic E-state index is 13.4. The van der Waals surface area contributed by atoms with E-state index < -0.39 is 86.8 Å². The number of amides is 1. The molecule has 92 heavy (non-hydrogen) atoms. The lowest BCUT2D eigenvalue weighted by atomic mass is 9.97. The van der Waals surface area contributed by atoms with Crippen LogP contribution < -0.4 is 5.32 Å². The molecule has 0 aliphatic carbocycles. The van der Waals surface area contributed by atoms with Gasteiger partial charge < -0.3 is 65.1 Å².